The molecule has 0 aliphatic heterocycles. The summed E-state index contributed by atoms with van der Waals surface area (Å²) in [4.78, 5) is 9.18. The van der Waals surface area contributed by atoms with Crippen LogP contribution in [0.15, 0.2) is 94.0 Å². The summed E-state index contributed by atoms with van der Waals surface area (Å²) in [6.07, 6.45) is 12.6. The molecule has 0 aromatic heterocycles. The van der Waals surface area contributed by atoms with Crippen molar-refractivity contribution < 1.29 is 0 Å². The van der Waals surface area contributed by atoms with Gasteiger partial charge in [0.2, 0.25) is 0 Å². The summed E-state index contributed by atoms with van der Waals surface area (Å²) in [5.74, 6) is 1.30. The van der Waals surface area contributed by atoms with Crippen LogP contribution in [0, 0.1) is 0 Å². The maximum Gasteiger partial charge on any atom is 0.129 e. The Balaban J connectivity index is 2.28. The molecule has 1 aromatic rings. The molecule has 1 aliphatic carbocycles. The summed E-state index contributed by atoms with van der Waals surface area (Å²) in [6, 6.07) is 8.38. The number of nitrogens with one attached hydrogen (secondary N) is 1. The van der Waals surface area contributed by atoms with Gasteiger partial charge in [-0.1, -0.05) is 69.0 Å². The Bertz CT molecular complexity index is 872. The topological polar surface area (TPSA) is 62.8 Å². The lowest BCUT2D eigenvalue weighted by atomic mass is 10.00. The van der Waals surface area contributed by atoms with Gasteiger partial charge in [-0.2, -0.15) is 0 Å². The van der Waals surface area contributed by atoms with Crippen LogP contribution in [0.5, 0.6) is 0 Å². The van der Waals surface area contributed by atoms with E-state index in [1.165, 1.54) is 5.56 Å². The van der Waals surface area contributed by atoms with Gasteiger partial charge in [0.1, 0.15) is 5.82 Å². The third-order valence-electron chi connectivity index (χ3n) is 4.27. The van der Waals surface area contributed by atoms with Crippen LogP contribution >= 0.6 is 0 Å². The first kappa shape index (κ1) is 21.2. The highest BCUT2D eigenvalue weighted by atomic mass is 15.0. The number of nitrogens with two attached hydrogens (primary N) is 1. The molecule has 146 valence electrons. The fourth-order valence-corrected chi connectivity index (χ4v) is 2.75. The van der Waals surface area contributed by atoms with Gasteiger partial charge in [-0.25, -0.2) is 9.98 Å². The Morgan fingerprint density at radius 2 is 1.93 bits per heavy atom. The van der Waals surface area contributed by atoms with Crippen LogP contribution in [-0.4, -0.2) is 19.0 Å². The van der Waals surface area contributed by atoms with Gasteiger partial charge in [0.05, 0.1) is 17.6 Å². The summed E-state index contributed by atoms with van der Waals surface area (Å²) in [6.45, 7) is 10.2. The molecule has 28 heavy (non-hydrogen) atoms. The van der Waals surface area contributed by atoms with E-state index in [0.717, 1.165) is 29.1 Å². The number of nitrogens with zero attached hydrogens (tertiary/aromatic N) is 2. The second-order valence-electron chi connectivity index (χ2n) is 7.03. The quantitative estimate of drug-likeness (QED) is 0.660. The van der Waals surface area contributed by atoms with Gasteiger partial charge in [0.15, 0.2) is 0 Å². The van der Waals surface area contributed by atoms with E-state index in [-0.39, 0.29) is 0 Å². The van der Waals surface area contributed by atoms with Gasteiger partial charge in [-0.05, 0) is 36.5 Å². The van der Waals surface area contributed by atoms with Crippen molar-refractivity contribution in [2.75, 3.05) is 7.05 Å². The highest BCUT2D eigenvalue weighted by molar-refractivity contribution is 6.10. The molecule has 4 heteroatoms. The molecule has 0 atom stereocenters. The van der Waals surface area contributed by atoms with Crippen molar-refractivity contribution in [3.63, 3.8) is 0 Å². The van der Waals surface area contributed by atoms with Gasteiger partial charge in [-0.3, -0.25) is 0 Å². The van der Waals surface area contributed by atoms with E-state index in [1.54, 1.807) is 6.21 Å². The summed E-state index contributed by atoms with van der Waals surface area (Å²) in [5.41, 5.74) is 11.3. The number of allylic oxidation sites excluding steroid dienone is 8. The average Bonchev–Trinajstić information content (AvgIpc) is 2.68. The predicted molar refractivity (Wildman–Crippen MR) is 122 cm³/mol. The Morgan fingerprint density at radius 3 is 2.46 bits per heavy atom. The molecule has 0 spiro atoms. The Hall–Kier alpha value is -3.14. The largest absolute Gasteiger partial charge is 0.402 e. The van der Waals surface area contributed by atoms with Gasteiger partial charge in [0.25, 0.3) is 0 Å². The molecular formula is C24H30N4. The molecule has 0 amide bonds. The summed E-state index contributed by atoms with van der Waals surface area (Å²) >= 11 is 0. The second kappa shape index (κ2) is 10.3. The minimum Gasteiger partial charge on any atom is -0.402 e. The molecule has 0 saturated carbocycles. The first-order valence-electron chi connectivity index (χ1n) is 9.50. The number of aliphatic imine (C=N–C) groups is 2. The molecule has 2 rings (SSSR count). The molecule has 0 fully saturated rings. The van der Waals surface area contributed by atoms with Gasteiger partial charge >= 0.3 is 0 Å². The predicted octanol–water partition coefficient (Wildman–Crippen LogP) is 4.99. The van der Waals surface area contributed by atoms with Crippen molar-refractivity contribution in [3.05, 3.63) is 95.1 Å². The zero-order valence-corrected chi connectivity index (χ0v) is 17.2. The van der Waals surface area contributed by atoms with Crippen molar-refractivity contribution in [1.29, 1.82) is 0 Å². The number of hydrogen-bond acceptors (Lipinski definition) is 4. The molecular weight excluding hydrogens is 344 g/mol. The van der Waals surface area contributed by atoms with Crippen molar-refractivity contribution in [1.82, 2.24) is 5.32 Å². The van der Waals surface area contributed by atoms with E-state index in [4.69, 9.17) is 5.73 Å². The third-order valence-corrected chi connectivity index (χ3v) is 4.27. The van der Waals surface area contributed by atoms with E-state index in [9.17, 15) is 0 Å². The first-order chi connectivity index (χ1) is 13.4. The molecule has 3 N–H and O–H groups in total. The smallest absolute Gasteiger partial charge is 0.129 e. The van der Waals surface area contributed by atoms with E-state index < -0.39 is 0 Å². The maximum atomic E-state index is 5.91. The van der Waals surface area contributed by atoms with Gasteiger partial charge in [-0.15, -0.1) is 0 Å². The molecule has 1 aromatic carbocycles. The van der Waals surface area contributed by atoms with Crippen LogP contribution in [0.2, 0.25) is 0 Å². The molecule has 0 radical (unpaired) electrons. The lowest BCUT2D eigenvalue weighted by Gasteiger charge is -2.09. The molecule has 0 unspecified atom stereocenters. The monoisotopic (exact) mass is 374 g/mol. The standard InChI is InChI=1S/C24H30N4/c1-17(2)20-11-13-21(14-12-20)23(15-18(3)25)28-19(4)16-27-24(26-5)22-9-7-6-8-10-22/h6-9,11-17,26H,4,10,25H2,1-3,5H3/b18-15?,24-22-,27-16?,28-23?. The lowest BCUT2D eigenvalue weighted by molar-refractivity contribution is 0.866. The van der Waals surface area contributed by atoms with Crippen LogP contribution in [0.25, 0.3) is 0 Å². The summed E-state index contributed by atoms with van der Waals surface area (Å²) < 4.78 is 0. The maximum absolute atomic E-state index is 5.91. The average molecular weight is 375 g/mol. The fraction of sp³-hybridized carbons (Fsp3) is 0.250. The van der Waals surface area contributed by atoms with Crippen molar-refractivity contribution in [2.45, 2.75) is 33.1 Å². The summed E-state index contributed by atoms with van der Waals surface area (Å²) in [5, 5.41) is 3.14. The van der Waals surface area contributed by atoms with Crippen molar-refractivity contribution >= 4 is 11.9 Å². The van der Waals surface area contributed by atoms with E-state index >= 15 is 0 Å². The van der Waals surface area contributed by atoms with Crippen LogP contribution in [0.1, 0.15) is 44.2 Å². The van der Waals surface area contributed by atoms with Crippen LogP contribution in [0.3, 0.4) is 0 Å². The van der Waals surface area contributed by atoms with E-state index in [2.05, 4.69) is 72.1 Å². The molecule has 1 aliphatic rings. The highest BCUT2D eigenvalue weighted by Gasteiger charge is 2.05. The minimum absolute atomic E-state index is 0.486. The SMILES string of the molecule is C=C(C=N/C(NC)=C1/C=CC=CC1)N=C(C=C(C)N)c1ccc(C(C)C)cc1. The molecule has 0 bridgehead atoms. The van der Waals surface area contributed by atoms with Gasteiger partial charge < -0.3 is 11.1 Å². The highest BCUT2D eigenvalue weighted by Crippen LogP contribution is 2.17. The Morgan fingerprint density at radius 1 is 1.21 bits per heavy atom. The van der Waals surface area contributed by atoms with Crippen LogP contribution in [-0.2, 0) is 0 Å². The molecule has 4 nitrogen and oxygen atoms in total. The lowest BCUT2D eigenvalue weighted by Crippen LogP contribution is -2.08. The van der Waals surface area contributed by atoms with Gasteiger partial charge in [0, 0.05) is 18.3 Å². The second-order valence-corrected chi connectivity index (χ2v) is 7.03. The van der Waals surface area contributed by atoms with Crippen LogP contribution in [0.4, 0.5) is 0 Å². The Kier molecular flexibility index (Phi) is 7.76. The fourth-order valence-electron chi connectivity index (χ4n) is 2.75. The molecule has 0 heterocycles. The minimum atomic E-state index is 0.486. The van der Waals surface area contributed by atoms with E-state index in [0.29, 0.717) is 17.3 Å². The van der Waals surface area contributed by atoms with Crippen molar-refractivity contribution in [3.8, 4) is 0 Å². The number of benzene rings is 1. The van der Waals surface area contributed by atoms with E-state index in [1.807, 2.05) is 32.2 Å². The zero-order valence-electron chi connectivity index (χ0n) is 17.2. The zero-order chi connectivity index (χ0) is 20.5. The third kappa shape index (κ3) is 6.23. The molecule has 0 saturated heterocycles. The summed E-state index contributed by atoms with van der Waals surface area (Å²) in [7, 11) is 1.86. The first-order valence-corrected chi connectivity index (χ1v) is 9.50. The normalized spacial score (nSPS) is 16.8. The van der Waals surface area contributed by atoms with Crippen LogP contribution < -0.4 is 11.1 Å². The number of hydrogen-bond donors (Lipinski definition) is 2. The van der Waals surface area contributed by atoms with Crippen molar-refractivity contribution in [2.24, 2.45) is 15.7 Å². The Labute approximate surface area is 168 Å². The number of rotatable bonds is 7.